The van der Waals surface area contributed by atoms with E-state index in [0.29, 0.717) is 22.3 Å². The molecule has 0 fully saturated rings. The van der Waals surface area contributed by atoms with Crippen molar-refractivity contribution < 1.29 is 36.6 Å². The molecule has 11 heteroatoms. The zero-order valence-electron chi connectivity index (χ0n) is 16.4. The van der Waals surface area contributed by atoms with E-state index in [1.54, 1.807) is 26.8 Å². The first kappa shape index (κ1) is 21.3. The van der Waals surface area contributed by atoms with Gasteiger partial charge >= 0.3 is 12.5 Å². The Kier molecular flexibility index (Phi) is 5.81. The standard InChI is InChI=1S/C19H20F3N3O5/c1-18(2,3)30-17(26)23-7-12-4-11-5-16(29-19(20,21)22)15(6-14(11)25-12)28-9-13-8-27-10-24-13/h4-6,8,10,25H,7,9H2,1-3H3,(H,23,26). The Morgan fingerprint density at radius 3 is 2.60 bits per heavy atom. The van der Waals surface area contributed by atoms with Crippen molar-refractivity contribution in [1.82, 2.24) is 15.3 Å². The molecule has 3 aromatic rings. The molecule has 0 aliphatic rings. The van der Waals surface area contributed by atoms with Crippen molar-refractivity contribution in [1.29, 1.82) is 0 Å². The number of oxazole rings is 1. The van der Waals surface area contributed by atoms with Crippen molar-refractivity contribution in [3.63, 3.8) is 0 Å². The number of H-pyrrole nitrogens is 1. The second-order valence-electron chi connectivity index (χ2n) is 7.35. The predicted octanol–water partition coefficient (Wildman–Crippen LogP) is 4.66. The average Bonchev–Trinajstić information content (AvgIpc) is 3.24. The Bertz CT molecular complexity index is 1010. The SMILES string of the molecule is CC(C)(C)OC(=O)NCc1cc2cc(OC(F)(F)F)c(OCc3cocn3)cc2[nH]1. The highest BCUT2D eigenvalue weighted by Crippen LogP contribution is 2.36. The molecule has 0 unspecified atom stereocenters. The molecule has 2 heterocycles. The zero-order valence-corrected chi connectivity index (χ0v) is 16.4. The van der Waals surface area contributed by atoms with Gasteiger partial charge in [0.1, 0.15) is 24.2 Å². The molecule has 0 saturated heterocycles. The van der Waals surface area contributed by atoms with Crippen LogP contribution in [0.2, 0.25) is 0 Å². The monoisotopic (exact) mass is 427 g/mol. The largest absolute Gasteiger partial charge is 0.573 e. The highest BCUT2D eigenvalue weighted by molar-refractivity contribution is 5.84. The Morgan fingerprint density at radius 2 is 1.97 bits per heavy atom. The van der Waals surface area contributed by atoms with Crippen LogP contribution in [0.3, 0.4) is 0 Å². The Morgan fingerprint density at radius 1 is 1.20 bits per heavy atom. The molecule has 0 aliphatic carbocycles. The number of carbonyl (C=O) groups is 1. The van der Waals surface area contributed by atoms with Gasteiger partial charge in [-0.15, -0.1) is 13.2 Å². The van der Waals surface area contributed by atoms with E-state index < -0.39 is 23.8 Å². The Balaban J connectivity index is 1.80. The molecule has 0 aliphatic heterocycles. The first-order valence-electron chi connectivity index (χ1n) is 8.86. The van der Waals surface area contributed by atoms with Crippen LogP contribution in [0.4, 0.5) is 18.0 Å². The molecule has 0 radical (unpaired) electrons. The maximum absolute atomic E-state index is 12.8. The smallest absolute Gasteiger partial charge is 0.483 e. The number of nitrogens with one attached hydrogen (secondary N) is 2. The van der Waals surface area contributed by atoms with E-state index in [4.69, 9.17) is 13.9 Å². The molecule has 0 spiro atoms. The lowest BCUT2D eigenvalue weighted by Crippen LogP contribution is -2.32. The van der Waals surface area contributed by atoms with E-state index in [1.165, 1.54) is 24.8 Å². The molecule has 8 nitrogen and oxygen atoms in total. The number of alkyl carbamates (subject to hydrolysis) is 1. The number of aromatic nitrogens is 2. The van der Waals surface area contributed by atoms with Gasteiger partial charge in [0.2, 0.25) is 0 Å². The molecule has 0 bridgehead atoms. The van der Waals surface area contributed by atoms with Gasteiger partial charge in [0.05, 0.1) is 6.54 Å². The van der Waals surface area contributed by atoms with Gasteiger partial charge in [0, 0.05) is 22.7 Å². The van der Waals surface area contributed by atoms with Crippen molar-refractivity contribution in [2.24, 2.45) is 0 Å². The van der Waals surface area contributed by atoms with Gasteiger partial charge < -0.3 is 28.9 Å². The third kappa shape index (κ3) is 6.06. The summed E-state index contributed by atoms with van der Waals surface area (Å²) < 4.78 is 57.9. The van der Waals surface area contributed by atoms with E-state index in [-0.39, 0.29) is 18.9 Å². The number of hydrogen-bond acceptors (Lipinski definition) is 6. The second kappa shape index (κ2) is 8.17. The normalized spacial score (nSPS) is 12.1. The number of halogens is 3. The van der Waals surface area contributed by atoms with Crippen LogP contribution >= 0.6 is 0 Å². The lowest BCUT2D eigenvalue weighted by molar-refractivity contribution is -0.275. The number of amides is 1. The summed E-state index contributed by atoms with van der Waals surface area (Å²) in [5.74, 6) is -0.625. The van der Waals surface area contributed by atoms with Gasteiger partial charge in [-0.3, -0.25) is 0 Å². The second-order valence-corrected chi connectivity index (χ2v) is 7.35. The molecular formula is C19H20F3N3O5. The summed E-state index contributed by atoms with van der Waals surface area (Å²) in [5.41, 5.74) is 0.815. The molecule has 162 valence electrons. The third-order valence-electron chi connectivity index (χ3n) is 3.65. The number of hydrogen-bond donors (Lipinski definition) is 2. The van der Waals surface area contributed by atoms with Crippen LogP contribution in [0.1, 0.15) is 32.2 Å². The van der Waals surface area contributed by atoms with Crippen molar-refractivity contribution in [2.45, 2.75) is 45.9 Å². The fourth-order valence-corrected chi connectivity index (χ4v) is 2.55. The topological polar surface area (TPSA) is 98.6 Å². The predicted molar refractivity (Wildman–Crippen MR) is 98.9 cm³/mol. The van der Waals surface area contributed by atoms with Crippen LogP contribution in [0, 0.1) is 0 Å². The number of alkyl halides is 3. The Labute approximate surface area is 169 Å². The molecule has 1 amide bonds. The highest BCUT2D eigenvalue weighted by Gasteiger charge is 2.33. The molecule has 2 N–H and O–H groups in total. The first-order chi connectivity index (χ1) is 14.0. The first-order valence-corrected chi connectivity index (χ1v) is 8.86. The summed E-state index contributed by atoms with van der Waals surface area (Å²) in [4.78, 5) is 18.7. The van der Waals surface area contributed by atoms with Crippen LogP contribution in [-0.4, -0.2) is 28.0 Å². The van der Waals surface area contributed by atoms with Gasteiger partial charge in [0.15, 0.2) is 17.9 Å². The van der Waals surface area contributed by atoms with E-state index in [0.717, 1.165) is 0 Å². The lowest BCUT2D eigenvalue weighted by atomic mass is 10.2. The summed E-state index contributed by atoms with van der Waals surface area (Å²) in [7, 11) is 0. The number of ether oxygens (including phenoxy) is 3. The number of fused-ring (bicyclic) bond motifs is 1. The number of rotatable bonds is 6. The summed E-state index contributed by atoms with van der Waals surface area (Å²) in [6.45, 7) is 5.19. The number of carbonyl (C=O) groups excluding carboxylic acids is 1. The Hall–Kier alpha value is -3.37. The van der Waals surface area contributed by atoms with Crippen LogP contribution < -0.4 is 14.8 Å². The zero-order chi connectivity index (χ0) is 21.9. The lowest BCUT2D eigenvalue weighted by Gasteiger charge is -2.19. The molecule has 2 aromatic heterocycles. The fourth-order valence-electron chi connectivity index (χ4n) is 2.55. The number of nitrogens with zero attached hydrogens (tertiary/aromatic N) is 1. The summed E-state index contributed by atoms with van der Waals surface area (Å²) >= 11 is 0. The summed E-state index contributed by atoms with van der Waals surface area (Å²) in [5, 5.41) is 3.02. The van der Waals surface area contributed by atoms with E-state index in [9.17, 15) is 18.0 Å². The van der Waals surface area contributed by atoms with Crippen LogP contribution in [0.5, 0.6) is 11.5 Å². The summed E-state index contributed by atoms with van der Waals surface area (Å²) in [6.07, 6.45) is -3.00. The molecule has 0 atom stereocenters. The minimum Gasteiger partial charge on any atom is -0.483 e. The van der Waals surface area contributed by atoms with E-state index in [1.807, 2.05) is 0 Å². The van der Waals surface area contributed by atoms with Gasteiger partial charge in [-0.05, 0) is 32.9 Å². The van der Waals surface area contributed by atoms with E-state index in [2.05, 4.69) is 20.0 Å². The van der Waals surface area contributed by atoms with Crippen molar-refractivity contribution in [2.75, 3.05) is 0 Å². The third-order valence-corrected chi connectivity index (χ3v) is 3.65. The minimum atomic E-state index is -4.89. The van der Waals surface area contributed by atoms with Crippen LogP contribution in [0.15, 0.2) is 35.3 Å². The fraction of sp³-hybridized carbons (Fsp3) is 0.368. The van der Waals surface area contributed by atoms with Crippen molar-refractivity contribution >= 4 is 17.0 Å². The quantitative estimate of drug-likeness (QED) is 0.594. The van der Waals surface area contributed by atoms with Crippen molar-refractivity contribution in [3.8, 4) is 11.5 Å². The van der Waals surface area contributed by atoms with Gasteiger partial charge in [-0.25, -0.2) is 9.78 Å². The van der Waals surface area contributed by atoms with Gasteiger partial charge in [-0.1, -0.05) is 0 Å². The number of aromatic amines is 1. The van der Waals surface area contributed by atoms with Crippen LogP contribution in [-0.2, 0) is 17.9 Å². The maximum atomic E-state index is 12.8. The van der Waals surface area contributed by atoms with Gasteiger partial charge in [-0.2, -0.15) is 0 Å². The molecular weight excluding hydrogens is 407 g/mol. The van der Waals surface area contributed by atoms with Crippen molar-refractivity contribution in [3.05, 3.63) is 42.2 Å². The molecule has 0 saturated carbocycles. The van der Waals surface area contributed by atoms with Gasteiger partial charge in [0.25, 0.3) is 0 Å². The maximum Gasteiger partial charge on any atom is 0.573 e. The number of benzene rings is 1. The van der Waals surface area contributed by atoms with Crippen LogP contribution in [0.25, 0.3) is 10.9 Å². The minimum absolute atomic E-state index is 0.0915. The van der Waals surface area contributed by atoms with E-state index >= 15 is 0 Å². The average molecular weight is 427 g/mol. The molecule has 30 heavy (non-hydrogen) atoms. The summed E-state index contributed by atoms with van der Waals surface area (Å²) in [6, 6.07) is 4.18. The highest BCUT2D eigenvalue weighted by atomic mass is 19.4. The molecule has 3 rings (SSSR count). The molecule has 1 aromatic carbocycles.